The van der Waals surface area contributed by atoms with Gasteiger partial charge in [-0.15, -0.1) is 0 Å². The molecule has 3 aliphatic heterocycles. The Balaban J connectivity index is 0.886. The monoisotopic (exact) mass is 681 g/mol. The van der Waals surface area contributed by atoms with E-state index in [2.05, 4.69) is 45.4 Å². The fraction of sp³-hybridized carbons (Fsp3) is 0.812. The van der Waals surface area contributed by atoms with Crippen molar-refractivity contribution >= 4 is 35.4 Å². The van der Waals surface area contributed by atoms with Crippen molar-refractivity contribution in [3.8, 4) is 0 Å². The first-order valence-corrected chi connectivity index (χ1v) is 18.3. The Kier molecular flexibility index (Phi) is 15.9. The van der Waals surface area contributed by atoms with E-state index in [4.69, 9.17) is 18.9 Å². The molecule has 47 heavy (non-hydrogen) atoms. The predicted molar refractivity (Wildman–Crippen MR) is 180 cm³/mol. The highest BCUT2D eigenvalue weighted by atomic mass is 32.2. The molecule has 0 saturated carbocycles. The molecule has 0 aliphatic carbocycles. The van der Waals surface area contributed by atoms with Gasteiger partial charge < -0.3 is 50.1 Å². The number of fused-ring (bicyclic) bond motifs is 1. The SMILES string of the molecule is CC[C@@H]1C[C@H](C)[C@H](n2cnc(N[C@@H](C)CC(=O)NCCOCCOCCOCCNC(=O)CCCCC3SCC4NC(=O)NC43)c2)O1. The number of thioether (sulfide) groups is 1. The van der Waals surface area contributed by atoms with Gasteiger partial charge in [0, 0.05) is 48.9 Å². The number of hydrogen-bond donors (Lipinski definition) is 5. The quantitative estimate of drug-likeness (QED) is 0.0856. The molecule has 0 bridgehead atoms. The second-order valence-electron chi connectivity index (χ2n) is 12.6. The zero-order valence-electron chi connectivity index (χ0n) is 28.2. The third-order valence-corrected chi connectivity index (χ3v) is 10.2. The van der Waals surface area contributed by atoms with Gasteiger partial charge in [-0.1, -0.05) is 20.3 Å². The molecule has 4 heterocycles. The van der Waals surface area contributed by atoms with Crippen molar-refractivity contribution in [3.05, 3.63) is 12.5 Å². The molecule has 14 nitrogen and oxygen atoms in total. The minimum Gasteiger partial charge on any atom is -0.377 e. The van der Waals surface area contributed by atoms with E-state index in [9.17, 15) is 14.4 Å². The molecular formula is C32H55N7O7S. The number of imidazole rings is 1. The van der Waals surface area contributed by atoms with Crippen LogP contribution in [0.1, 0.15) is 71.9 Å². The molecule has 0 aromatic carbocycles. The van der Waals surface area contributed by atoms with E-state index < -0.39 is 0 Å². The van der Waals surface area contributed by atoms with Gasteiger partial charge in [0.2, 0.25) is 11.8 Å². The summed E-state index contributed by atoms with van der Waals surface area (Å²) in [6.07, 6.45) is 9.75. The van der Waals surface area contributed by atoms with Gasteiger partial charge in [0.15, 0.2) is 0 Å². The van der Waals surface area contributed by atoms with Gasteiger partial charge in [-0.05, 0) is 32.6 Å². The number of rotatable bonds is 23. The summed E-state index contributed by atoms with van der Waals surface area (Å²) in [6.45, 7) is 9.81. The number of carbonyl (C=O) groups is 3. The Morgan fingerprint density at radius 1 is 1.06 bits per heavy atom. The van der Waals surface area contributed by atoms with Gasteiger partial charge in [-0.25, -0.2) is 9.78 Å². The summed E-state index contributed by atoms with van der Waals surface area (Å²) in [7, 11) is 0. The van der Waals surface area contributed by atoms with Crippen LogP contribution in [0.3, 0.4) is 0 Å². The highest BCUT2D eigenvalue weighted by Gasteiger charge is 2.42. The molecule has 1 aromatic rings. The number of nitrogens with one attached hydrogen (secondary N) is 5. The summed E-state index contributed by atoms with van der Waals surface area (Å²) in [6, 6.07) is 0.330. The van der Waals surface area contributed by atoms with Gasteiger partial charge in [-0.2, -0.15) is 11.8 Å². The number of unbranched alkanes of at least 4 members (excludes halogenated alkanes) is 1. The molecule has 7 atom stereocenters. The highest BCUT2D eigenvalue weighted by Crippen LogP contribution is 2.36. The highest BCUT2D eigenvalue weighted by molar-refractivity contribution is 8.00. The average Bonchev–Trinajstić information content (AvgIpc) is 3.82. The van der Waals surface area contributed by atoms with Crippen molar-refractivity contribution in [1.29, 1.82) is 0 Å². The number of amides is 4. The fourth-order valence-electron chi connectivity index (χ4n) is 6.18. The second kappa shape index (κ2) is 20.0. The average molecular weight is 682 g/mol. The first-order valence-electron chi connectivity index (χ1n) is 17.2. The maximum Gasteiger partial charge on any atom is 0.315 e. The fourth-order valence-corrected chi connectivity index (χ4v) is 7.72. The molecular weight excluding hydrogens is 626 g/mol. The van der Waals surface area contributed by atoms with Crippen LogP contribution in [0.2, 0.25) is 0 Å². The third-order valence-electron chi connectivity index (χ3n) is 8.65. The Morgan fingerprint density at radius 2 is 1.77 bits per heavy atom. The number of hydrogen-bond acceptors (Lipinski definition) is 10. The lowest BCUT2D eigenvalue weighted by atomic mass is 10.0. The number of aromatic nitrogens is 2. The van der Waals surface area contributed by atoms with Gasteiger partial charge >= 0.3 is 6.03 Å². The molecule has 0 spiro atoms. The molecule has 4 rings (SSSR count). The van der Waals surface area contributed by atoms with Crippen LogP contribution in [0.25, 0.3) is 0 Å². The van der Waals surface area contributed by atoms with E-state index in [0.717, 1.165) is 43.7 Å². The molecule has 3 unspecified atom stereocenters. The predicted octanol–water partition coefficient (Wildman–Crippen LogP) is 2.42. The van der Waals surface area contributed by atoms with Crippen molar-refractivity contribution in [1.82, 2.24) is 30.8 Å². The summed E-state index contributed by atoms with van der Waals surface area (Å²) < 4.78 is 24.7. The molecule has 5 N–H and O–H groups in total. The normalized spacial score (nSPS) is 25.6. The molecule has 15 heteroatoms. The van der Waals surface area contributed by atoms with Crippen LogP contribution < -0.4 is 26.6 Å². The molecule has 1 aromatic heterocycles. The van der Waals surface area contributed by atoms with Crippen LogP contribution in [0, 0.1) is 5.92 Å². The zero-order chi connectivity index (χ0) is 33.4. The third kappa shape index (κ3) is 12.7. The lowest BCUT2D eigenvalue weighted by Gasteiger charge is -2.17. The number of urea groups is 1. The van der Waals surface area contributed by atoms with Crippen LogP contribution in [-0.4, -0.2) is 115 Å². The van der Waals surface area contributed by atoms with E-state index in [0.29, 0.717) is 82.8 Å². The standard InChI is InChI=1S/C32H55N7O7S/c1-4-24-17-22(2)31(46-24)39-19-27(35-21-39)36-23(3)18-29(41)34-10-12-44-14-16-45-15-13-43-11-9-33-28(40)8-6-5-7-26-30-25(20-47-26)37-32(42)38-30/h19,21-26,30-31,36H,4-18,20H2,1-3H3,(H,33,40)(H,34,41)(H2,37,38,42)/t22-,23-,24+,25?,26?,30?,31+/m0/s1. The van der Waals surface area contributed by atoms with Crippen LogP contribution >= 0.6 is 11.8 Å². The molecule has 0 radical (unpaired) electrons. The topological polar surface area (TPSA) is 166 Å². The molecule has 266 valence electrons. The van der Waals surface area contributed by atoms with Gasteiger partial charge in [0.05, 0.1) is 70.4 Å². The van der Waals surface area contributed by atoms with Gasteiger partial charge in [0.1, 0.15) is 12.0 Å². The maximum absolute atomic E-state index is 12.3. The largest absolute Gasteiger partial charge is 0.377 e. The number of anilines is 1. The Morgan fingerprint density at radius 3 is 2.47 bits per heavy atom. The first kappa shape index (κ1) is 37.2. The number of ether oxygens (including phenoxy) is 4. The van der Waals surface area contributed by atoms with Crippen LogP contribution in [0.4, 0.5) is 10.6 Å². The summed E-state index contributed by atoms with van der Waals surface area (Å²) in [4.78, 5) is 40.3. The smallest absolute Gasteiger partial charge is 0.315 e. The minimum atomic E-state index is -0.0708. The summed E-state index contributed by atoms with van der Waals surface area (Å²) in [5, 5.41) is 15.5. The Bertz CT molecular complexity index is 1110. The van der Waals surface area contributed by atoms with Crippen LogP contribution in [-0.2, 0) is 28.5 Å². The molecule has 3 fully saturated rings. The van der Waals surface area contributed by atoms with E-state index in [-0.39, 0.29) is 42.2 Å². The van der Waals surface area contributed by atoms with Crippen LogP contribution in [0.15, 0.2) is 12.5 Å². The van der Waals surface area contributed by atoms with E-state index in [1.165, 1.54) is 0 Å². The minimum absolute atomic E-state index is 0.00563. The number of nitrogens with zero attached hydrogens (tertiary/aromatic N) is 2. The lowest BCUT2D eigenvalue weighted by Crippen LogP contribution is -2.36. The molecule has 3 aliphatic rings. The zero-order valence-corrected chi connectivity index (χ0v) is 29.0. The maximum atomic E-state index is 12.3. The molecule has 3 saturated heterocycles. The van der Waals surface area contributed by atoms with Gasteiger partial charge in [-0.3, -0.25) is 9.59 Å². The van der Waals surface area contributed by atoms with Gasteiger partial charge in [0.25, 0.3) is 0 Å². The van der Waals surface area contributed by atoms with Crippen molar-refractivity contribution in [2.75, 3.05) is 63.8 Å². The summed E-state index contributed by atoms with van der Waals surface area (Å²) in [5.74, 6) is 2.11. The molecule has 4 amide bonds. The Hall–Kier alpha value is -2.59. The van der Waals surface area contributed by atoms with Crippen molar-refractivity contribution in [2.45, 2.75) is 101 Å². The number of carbonyl (C=O) groups excluding carboxylic acids is 3. The van der Waals surface area contributed by atoms with E-state index in [1.54, 1.807) is 6.33 Å². The summed E-state index contributed by atoms with van der Waals surface area (Å²) in [5.41, 5.74) is 0. The van der Waals surface area contributed by atoms with E-state index in [1.807, 2.05) is 29.4 Å². The second-order valence-corrected chi connectivity index (χ2v) is 13.9. The van der Waals surface area contributed by atoms with Crippen molar-refractivity contribution < 1.29 is 33.3 Å². The van der Waals surface area contributed by atoms with Crippen molar-refractivity contribution in [3.63, 3.8) is 0 Å². The van der Waals surface area contributed by atoms with E-state index >= 15 is 0 Å². The van der Waals surface area contributed by atoms with Crippen LogP contribution in [0.5, 0.6) is 0 Å². The Labute approximate surface area is 282 Å². The summed E-state index contributed by atoms with van der Waals surface area (Å²) >= 11 is 1.90. The first-order chi connectivity index (χ1) is 22.8. The lowest BCUT2D eigenvalue weighted by molar-refractivity contribution is -0.122. The van der Waals surface area contributed by atoms with Crippen molar-refractivity contribution in [2.24, 2.45) is 5.92 Å².